The molecule has 0 aliphatic rings. The molecule has 0 aromatic carbocycles. The van der Waals surface area contributed by atoms with E-state index < -0.39 is 34.6 Å². The first kappa shape index (κ1) is 12.6. The number of aromatic nitrogens is 1. The van der Waals surface area contributed by atoms with Crippen LogP contribution in [0.1, 0.15) is 23.2 Å². The normalized spacial score (nSPS) is 11.6. The molecule has 86 valence electrons. The van der Waals surface area contributed by atoms with Crippen LogP contribution < -0.4 is 0 Å². The summed E-state index contributed by atoms with van der Waals surface area (Å²) in [6, 6.07) is 1.39. The van der Waals surface area contributed by atoms with Gasteiger partial charge in [-0.1, -0.05) is 11.6 Å². The smallest absolute Gasteiger partial charge is 0.224 e. The molecule has 2 nitrogen and oxygen atoms in total. The highest BCUT2D eigenvalue weighted by Crippen LogP contribution is 2.36. The molecule has 0 unspecified atom stereocenters. The van der Waals surface area contributed by atoms with Crippen molar-refractivity contribution in [1.29, 1.82) is 5.26 Å². The second-order valence-electron chi connectivity index (χ2n) is 2.67. The molecule has 0 saturated heterocycles. The fourth-order valence-electron chi connectivity index (χ4n) is 0.961. The monoisotopic (exact) mass is 256 g/mol. The zero-order chi connectivity index (χ0) is 12.5. The second-order valence-corrected chi connectivity index (χ2v) is 3.03. The largest absolute Gasteiger partial charge is 0.419 e. The van der Waals surface area contributed by atoms with Crippen molar-refractivity contribution < 1.29 is 22.0 Å². The van der Waals surface area contributed by atoms with Crippen molar-refractivity contribution in [2.24, 2.45) is 0 Å². The SMILES string of the molecule is N#Cc1nc(Cl)c(C(F)(F)F)cc1C(F)F. The van der Waals surface area contributed by atoms with E-state index in [1.54, 1.807) is 0 Å². The number of hydrogen-bond acceptors (Lipinski definition) is 2. The third kappa shape index (κ3) is 2.39. The average molecular weight is 257 g/mol. The van der Waals surface area contributed by atoms with Gasteiger partial charge in [-0.25, -0.2) is 13.8 Å². The Labute approximate surface area is 91.3 Å². The van der Waals surface area contributed by atoms with E-state index >= 15 is 0 Å². The van der Waals surface area contributed by atoms with E-state index in [-0.39, 0.29) is 6.07 Å². The minimum absolute atomic E-state index is 0.137. The van der Waals surface area contributed by atoms with Gasteiger partial charge in [-0.2, -0.15) is 18.4 Å². The summed E-state index contributed by atoms with van der Waals surface area (Å²) in [6.45, 7) is 0. The van der Waals surface area contributed by atoms with E-state index in [1.165, 1.54) is 6.07 Å². The molecule has 0 saturated carbocycles. The van der Waals surface area contributed by atoms with Gasteiger partial charge < -0.3 is 0 Å². The maximum absolute atomic E-state index is 12.3. The summed E-state index contributed by atoms with van der Waals surface area (Å²) >= 11 is 5.14. The number of hydrogen-bond donors (Lipinski definition) is 0. The van der Waals surface area contributed by atoms with Crippen LogP contribution in [0.15, 0.2) is 6.07 Å². The molecule has 0 aliphatic heterocycles. The zero-order valence-corrected chi connectivity index (χ0v) is 8.07. The Morgan fingerprint density at radius 3 is 2.31 bits per heavy atom. The molecule has 0 amide bonds. The van der Waals surface area contributed by atoms with Crippen molar-refractivity contribution >= 4 is 11.6 Å². The van der Waals surface area contributed by atoms with E-state index in [2.05, 4.69) is 4.98 Å². The van der Waals surface area contributed by atoms with Gasteiger partial charge in [-0.3, -0.25) is 0 Å². The molecule has 0 radical (unpaired) electrons. The second kappa shape index (κ2) is 4.22. The van der Waals surface area contributed by atoms with Gasteiger partial charge >= 0.3 is 6.18 Å². The van der Waals surface area contributed by atoms with Crippen LogP contribution in [0.3, 0.4) is 0 Å². The van der Waals surface area contributed by atoms with Gasteiger partial charge in [0.2, 0.25) is 0 Å². The third-order valence-corrected chi connectivity index (χ3v) is 1.94. The van der Waals surface area contributed by atoms with Crippen molar-refractivity contribution in [3.05, 3.63) is 28.0 Å². The zero-order valence-electron chi connectivity index (χ0n) is 7.32. The van der Waals surface area contributed by atoms with Crippen molar-refractivity contribution in [3.8, 4) is 6.07 Å². The highest BCUT2D eigenvalue weighted by atomic mass is 35.5. The number of pyridine rings is 1. The summed E-state index contributed by atoms with van der Waals surface area (Å²) in [6.07, 6.45) is -8.11. The Morgan fingerprint density at radius 1 is 1.38 bits per heavy atom. The van der Waals surface area contributed by atoms with Gasteiger partial charge in [0, 0.05) is 0 Å². The van der Waals surface area contributed by atoms with E-state index in [0.717, 1.165) is 0 Å². The van der Waals surface area contributed by atoms with Gasteiger partial charge in [0.05, 0.1) is 11.1 Å². The molecule has 1 aromatic rings. The Bertz CT molecular complexity index is 448. The van der Waals surface area contributed by atoms with Crippen molar-refractivity contribution in [2.75, 3.05) is 0 Å². The standard InChI is InChI=1S/C8H2ClF5N2/c9-6-4(8(12,13)14)1-3(7(10)11)5(2-15)16-6/h1,7H. The molecule has 0 aliphatic carbocycles. The van der Waals surface area contributed by atoms with Crippen LogP contribution in [-0.4, -0.2) is 4.98 Å². The van der Waals surface area contributed by atoms with Gasteiger partial charge in [-0.15, -0.1) is 0 Å². The molecule has 8 heteroatoms. The van der Waals surface area contributed by atoms with Crippen molar-refractivity contribution in [3.63, 3.8) is 0 Å². The third-order valence-electron chi connectivity index (χ3n) is 1.65. The highest BCUT2D eigenvalue weighted by Gasteiger charge is 2.36. The minimum atomic E-state index is -4.89. The fraction of sp³-hybridized carbons (Fsp3) is 0.250. The molecule has 1 rings (SSSR count). The van der Waals surface area contributed by atoms with Crippen LogP contribution in [-0.2, 0) is 6.18 Å². The topological polar surface area (TPSA) is 36.7 Å². The van der Waals surface area contributed by atoms with Crippen LogP contribution in [0.4, 0.5) is 22.0 Å². The molecule has 16 heavy (non-hydrogen) atoms. The van der Waals surface area contributed by atoms with Crippen LogP contribution in [0, 0.1) is 11.3 Å². The quantitative estimate of drug-likeness (QED) is 0.569. The number of nitrogens with zero attached hydrogens (tertiary/aromatic N) is 2. The number of rotatable bonds is 1. The molecule has 0 fully saturated rings. The van der Waals surface area contributed by atoms with Crippen molar-refractivity contribution in [2.45, 2.75) is 12.6 Å². The van der Waals surface area contributed by atoms with Crippen LogP contribution in [0.5, 0.6) is 0 Å². The van der Waals surface area contributed by atoms with Crippen LogP contribution >= 0.6 is 11.6 Å². The summed E-state index contributed by atoms with van der Waals surface area (Å²) in [5.41, 5.74) is -3.38. The van der Waals surface area contributed by atoms with E-state index in [0.29, 0.717) is 0 Å². The highest BCUT2D eigenvalue weighted by molar-refractivity contribution is 6.30. The fourth-order valence-corrected chi connectivity index (χ4v) is 1.21. The van der Waals surface area contributed by atoms with Crippen LogP contribution in [0.25, 0.3) is 0 Å². The Kier molecular flexibility index (Phi) is 3.33. The summed E-state index contributed by atoms with van der Waals surface area (Å²) in [5, 5.41) is 7.38. The van der Waals surface area contributed by atoms with Crippen molar-refractivity contribution in [1.82, 2.24) is 4.98 Å². The molecular weight excluding hydrogens is 255 g/mol. The summed E-state index contributed by atoms with van der Waals surface area (Å²) < 4.78 is 61.5. The lowest BCUT2D eigenvalue weighted by Crippen LogP contribution is -2.09. The van der Waals surface area contributed by atoms with E-state index in [9.17, 15) is 22.0 Å². The minimum Gasteiger partial charge on any atom is -0.224 e. The maximum Gasteiger partial charge on any atom is 0.419 e. The summed E-state index contributed by atoms with van der Waals surface area (Å²) in [4.78, 5) is 2.98. The lowest BCUT2D eigenvalue weighted by molar-refractivity contribution is -0.137. The number of alkyl halides is 5. The Hall–Kier alpha value is -1.42. The molecule has 0 atom stereocenters. The molecule has 0 bridgehead atoms. The van der Waals surface area contributed by atoms with E-state index in [1.807, 2.05) is 0 Å². The molecule has 1 heterocycles. The molecular formula is C8H2ClF5N2. The lowest BCUT2D eigenvalue weighted by Gasteiger charge is -2.10. The average Bonchev–Trinajstić information content (AvgIpc) is 2.14. The van der Waals surface area contributed by atoms with Gasteiger partial charge in [-0.05, 0) is 6.07 Å². The predicted octanol–water partition coefficient (Wildman–Crippen LogP) is 3.56. The first-order valence-corrected chi connectivity index (χ1v) is 4.11. The number of halogens is 6. The first-order chi connectivity index (χ1) is 7.27. The first-order valence-electron chi connectivity index (χ1n) is 3.73. The number of nitriles is 1. The summed E-state index contributed by atoms with van der Waals surface area (Å²) in [5.74, 6) is 0. The molecule has 1 aromatic heterocycles. The van der Waals surface area contributed by atoms with E-state index in [4.69, 9.17) is 16.9 Å². The van der Waals surface area contributed by atoms with Gasteiger partial charge in [0.25, 0.3) is 6.43 Å². The van der Waals surface area contributed by atoms with Gasteiger partial charge in [0.1, 0.15) is 11.2 Å². The molecule has 0 N–H and O–H groups in total. The van der Waals surface area contributed by atoms with Crippen LogP contribution in [0.2, 0.25) is 5.15 Å². The predicted molar refractivity (Wildman–Crippen MR) is 43.9 cm³/mol. The Balaban J connectivity index is 3.47. The van der Waals surface area contributed by atoms with Gasteiger partial charge in [0.15, 0.2) is 5.69 Å². The maximum atomic E-state index is 12.3. The lowest BCUT2D eigenvalue weighted by atomic mass is 10.1. The molecule has 0 spiro atoms. The summed E-state index contributed by atoms with van der Waals surface area (Å²) in [7, 11) is 0. The Morgan fingerprint density at radius 2 is 1.94 bits per heavy atom.